The molecule has 2 rings (SSSR count). The number of hydrogen-bond donors (Lipinski definition) is 1. The molecular formula is C13H19NO2. The first-order valence-electron chi connectivity index (χ1n) is 5.87. The summed E-state index contributed by atoms with van der Waals surface area (Å²) in [7, 11) is 0. The Morgan fingerprint density at radius 2 is 2.31 bits per heavy atom. The van der Waals surface area contributed by atoms with Crippen LogP contribution in [0.2, 0.25) is 0 Å². The minimum Gasteiger partial charge on any atom is -0.491 e. The quantitative estimate of drug-likeness (QED) is 0.847. The molecule has 0 spiro atoms. The number of benzene rings is 1. The third-order valence-corrected chi connectivity index (χ3v) is 2.59. The SMILES string of the molecule is CCNC1COc2cc(OC(C)C)ccc21. The molecule has 1 aliphatic heterocycles. The summed E-state index contributed by atoms with van der Waals surface area (Å²) in [6.07, 6.45) is 0.198. The van der Waals surface area contributed by atoms with E-state index >= 15 is 0 Å². The minimum absolute atomic E-state index is 0.198. The minimum atomic E-state index is 0.198. The first-order chi connectivity index (χ1) is 7.70. The van der Waals surface area contributed by atoms with Crippen LogP contribution in [0.25, 0.3) is 0 Å². The molecule has 88 valence electrons. The molecule has 1 N–H and O–H groups in total. The Balaban J connectivity index is 2.15. The maximum atomic E-state index is 5.64. The maximum Gasteiger partial charge on any atom is 0.128 e. The van der Waals surface area contributed by atoms with Crippen LogP contribution in [0.4, 0.5) is 0 Å². The molecule has 0 saturated carbocycles. The lowest BCUT2D eigenvalue weighted by Gasteiger charge is -2.11. The average Bonchev–Trinajstić information content (AvgIpc) is 2.61. The molecule has 16 heavy (non-hydrogen) atoms. The summed E-state index contributed by atoms with van der Waals surface area (Å²) in [5, 5.41) is 3.40. The number of nitrogens with one attached hydrogen (secondary N) is 1. The van der Waals surface area contributed by atoms with Crippen molar-refractivity contribution < 1.29 is 9.47 Å². The van der Waals surface area contributed by atoms with Crippen molar-refractivity contribution in [2.75, 3.05) is 13.2 Å². The van der Waals surface area contributed by atoms with Crippen molar-refractivity contribution in [1.82, 2.24) is 5.32 Å². The Bertz CT molecular complexity index is 363. The number of rotatable bonds is 4. The first-order valence-corrected chi connectivity index (χ1v) is 5.87. The van der Waals surface area contributed by atoms with Gasteiger partial charge in [0.25, 0.3) is 0 Å². The van der Waals surface area contributed by atoms with E-state index in [4.69, 9.17) is 9.47 Å². The fourth-order valence-corrected chi connectivity index (χ4v) is 1.95. The van der Waals surface area contributed by atoms with E-state index in [1.54, 1.807) is 0 Å². The van der Waals surface area contributed by atoms with Crippen LogP contribution in [-0.4, -0.2) is 19.3 Å². The molecular weight excluding hydrogens is 202 g/mol. The second-order valence-electron chi connectivity index (χ2n) is 4.29. The van der Waals surface area contributed by atoms with Gasteiger partial charge in [0.05, 0.1) is 12.1 Å². The van der Waals surface area contributed by atoms with Gasteiger partial charge in [-0.15, -0.1) is 0 Å². The van der Waals surface area contributed by atoms with Crippen molar-refractivity contribution in [2.24, 2.45) is 0 Å². The predicted molar refractivity (Wildman–Crippen MR) is 64.1 cm³/mol. The van der Waals surface area contributed by atoms with Crippen molar-refractivity contribution in [1.29, 1.82) is 0 Å². The van der Waals surface area contributed by atoms with Crippen molar-refractivity contribution in [3.63, 3.8) is 0 Å². The Hall–Kier alpha value is -1.22. The van der Waals surface area contributed by atoms with Crippen molar-refractivity contribution in [3.05, 3.63) is 23.8 Å². The van der Waals surface area contributed by atoms with E-state index in [0.717, 1.165) is 18.0 Å². The number of ether oxygens (including phenoxy) is 2. The summed E-state index contributed by atoms with van der Waals surface area (Å²) in [5.41, 5.74) is 1.23. The highest BCUT2D eigenvalue weighted by molar-refractivity contribution is 5.45. The second kappa shape index (κ2) is 4.74. The highest BCUT2D eigenvalue weighted by atomic mass is 16.5. The molecule has 1 heterocycles. The molecule has 0 fully saturated rings. The van der Waals surface area contributed by atoms with Gasteiger partial charge in [0.1, 0.15) is 18.1 Å². The summed E-state index contributed by atoms with van der Waals surface area (Å²) in [6.45, 7) is 7.82. The van der Waals surface area contributed by atoms with E-state index in [9.17, 15) is 0 Å². The third-order valence-electron chi connectivity index (χ3n) is 2.59. The summed E-state index contributed by atoms with van der Waals surface area (Å²) in [4.78, 5) is 0. The van der Waals surface area contributed by atoms with E-state index in [2.05, 4.69) is 18.3 Å². The Kier molecular flexibility index (Phi) is 3.34. The van der Waals surface area contributed by atoms with E-state index < -0.39 is 0 Å². The monoisotopic (exact) mass is 221 g/mol. The summed E-state index contributed by atoms with van der Waals surface area (Å²) < 4.78 is 11.3. The van der Waals surface area contributed by atoms with E-state index in [1.165, 1.54) is 5.56 Å². The molecule has 0 radical (unpaired) electrons. The molecule has 0 aromatic heterocycles. The molecule has 0 amide bonds. The Morgan fingerprint density at radius 3 is 3.00 bits per heavy atom. The molecule has 1 unspecified atom stereocenters. The standard InChI is InChI=1S/C13H19NO2/c1-4-14-12-8-15-13-7-10(16-9(2)3)5-6-11(12)13/h5-7,9,12,14H,4,8H2,1-3H3. The fraction of sp³-hybridized carbons (Fsp3) is 0.538. The predicted octanol–water partition coefficient (Wildman–Crippen LogP) is 2.52. The van der Waals surface area contributed by atoms with Gasteiger partial charge in [-0.25, -0.2) is 0 Å². The zero-order chi connectivity index (χ0) is 11.5. The van der Waals surface area contributed by atoms with Crippen LogP contribution >= 0.6 is 0 Å². The molecule has 0 bridgehead atoms. The molecule has 0 saturated heterocycles. The zero-order valence-electron chi connectivity index (χ0n) is 10.1. The van der Waals surface area contributed by atoms with Crippen LogP contribution in [-0.2, 0) is 0 Å². The van der Waals surface area contributed by atoms with Crippen molar-refractivity contribution in [2.45, 2.75) is 32.9 Å². The van der Waals surface area contributed by atoms with Crippen LogP contribution in [0.1, 0.15) is 32.4 Å². The number of fused-ring (bicyclic) bond motifs is 1. The molecule has 1 aromatic rings. The van der Waals surface area contributed by atoms with Gasteiger partial charge >= 0.3 is 0 Å². The van der Waals surface area contributed by atoms with Gasteiger partial charge in [-0.2, -0.15) is 0 Å². The average molecular weight is 221 g/mol. The Labute approximate surface area is 96.8 Å². The zero-order valence-corrected chi connectivity index (χ0v) is 10.1. The van der Waals surface area contributed by atoms with Gasteiger partial charge in [0.2, 0.25) is 0 Å². The van der Waals surface area contributed by atoms with Gasteiger partial charge in [-0.3, -0.25) is 0 Å². The lowest BCUT2D eigenvalue weighted by molar-refractivity contribution is 0.241. The highest BCUT2D eigenvalue weighted by Crippen LogP contribution is 2.35. The topological polar surface area (TPSA) is 30.5 Å². The smallest absolute Gasteiger partial charge is 0.128 e. The molecule has 1 aliphatic rings. The van der Waals surface area contributed by atoms with Crippen LogP contribution < -0.4 is 14.8 Å². The Morgan fingerprint density at radius 1 is 1.50 bits per heavy atom. The van der Waals surface area contributed by atoms with Gasteiger partial charge in [-0.05, 0) is 32.5 Å². The molecule has 3 nitrogen and oxygen atoms in total. The summed E-state index contributed by atoms with van der Waals surface area (Å²) >= 11 is 0. The highest BCUT2D eigenvalue weighted by Gasteiger charge is 2.23. The van der Waals surface area contributed by atoms with Crippen molar-refractivity contribution >= 4 is 0 Å². The second-order valence-corrected chi connectivity index (χ2v) is 4.29. The van der Waals surface area contributed by atoms with Gasteiger partial charge in [0, 0.05) is 11.6 Å². The lowest BCUT2D eigenvalue weighted by atomic mass is 10.1. The van der Waals surface area contributed by atoms with Crippen molar-refractivity contribution in [3.8, 4) is 11.5 Å². The van der Waals surface area contributed by atoms with Crippen LogP contribution in [0.15, 0.2) is 18.2 Å². The van der Waals surface area contributed by atoms with Gasteiger partial charge in [0.15, 0.2) is 0 Å². The van der Waals surface area contributed by atoms with E-state index in [1.807, 2.05) is 26.0 Å². The van der Waals surface area contributed by atoms with E-state index in [-0.39, 0.29) is 6.10 Å². The van der Waals surface area contributed by atoms with Crippen LogP contribution in [0.3, 0.4) is 0 Å². The molecule has 3 heteroatoms. The van der Waals surface area contributed by atoms with Crippen LogP contribution in [0.5, 0.6) is 11.5 Å². The van der Waals surface area contributed by atoms with E-state index in [0.29, 0.717) is 12.6 Å². The summed E-state index contributed by atoms with van der Waals surface area (Å²) in [5.74, 6) is 1.83. The summed E-state index contributed by atoms with van der Waals surface area (Å²) in [6, 6.07) is 6.41. The number of likely N-dealkylation sites (N-methyl/N-ethyl adjacent to an activating group) is 1. The maximum absolute atomic E-state index is 5.64. The molecule has 0 aliphatic carbocycles. The lowest BCUT2D eigenvalue weighted by Crippen LogP contribution is -2.21. The van der Waals surface area contributed by atoms with Gasteiger partial charge < -0.3 is 14.8 Å². The number of hydrogen-bond acceptors (Lipinski definition) is 3. The molecule has 1 aromatic carbocycles. The molecule has 1 atom stereocenters. The first kappa shape index (κ1) is 11.3. The fourth-order valence-electron chi connectivity index (χ4n) is 1.95. The largest absolute Gasteiger partial charge is 0.491 e. The van der Waals surface area contributed by atoms with Crippen LogP contribution in [0, 0.1) is 0 Å². The third kappa shape index (κ3) is 2.30. The van der Waals surface area contributed by atoms with Gasteiger partial charge in [-0.1, -0.05) is 6.92 Å². The normalized spacial score (nSPS) is 18.4.